The largest absolute Gasteiger partial charge is 0.463 e. The van der Waals surface area contributed by atoms with E-state index in [2.05, 4.69) is 6.07 Å². The Hall–Kier alpha value is -4.69. The van der Waals surface area contributed by atoms with Crippen molar-refractivity contribution in [2.24, 2.45) is 5.73 Å². The van der Waals surface area contributed by atoms with E-state index in [0.29, 0.717) is 43.3 Å². The summed E-state index contributed by atoms with van der Waals surface area (Å²) in [4.78, 5) is 26.8. The molecular formula is C26H19N3O7S. The molecule has 1 unspecified atom stereocenters. The molecular weight excluding hydrogens is 498 g/mol. The minimum Gasteiger partial charge on any atom is -0.463 e. The number of nitrogens with two attached hydrogens (primary N) is 1. The predicted molar refractivity (Wildman–Crippen MR) is 132 cm³/mol. The number of rotatable bonds is 4. The molecule has 186 valence electrons. The minimum atomic E-state index is -0.866. The normalized spacial score (nSPS) is 17.6. The Labute approximate surface area is 213 Å². The number of carbonyl (C=O) groups is 1. The molecule has 4 heterocycles. The summed E-state index contributed by atoms with van der Waals surface area (Å²) in [5.41, 5.74) is 7.46. The summed E-state index contributed by atoms with van der Waals surface area (Å²) in [6.07, 6.45) is 1.68. The smallest absolute Gasteiger partial charge is 0.338 e. The van der Waals surface area contributed by atoms with Crippen LogP contribution in [0.15, 0.2) is 46.8 Å². The second-order valence-corrected chi connectivity index (χ2v) is 9.29. The first kappa shape index (κ1) is 22.8. The maximum absolute atomic E-state index is 13.5. The molecule has 2 aromatic carbocycles. The van der Waals surface area contributed by atoms with Gasteiger partial charge >= 0.3 is 5.97 Å². The van der Waals surface area contributed by atoms with Crippen LogP contribution in [0, 0.1) is 11.3 Å². The van der Waals surface area contributed by atoms with Gasteiger partial charge in [-0.25, -0.2) is 4.79 Å². The van der Waals surface area contributed by atoms with Crippen molar-refractivity contribution >= 4 is 34.8 Å². The Morgan fingerprint density at radius 2 is 1.81 bits per heavy atom. The molecule has 2 N–H and O–H groups in total. The average Bonchev–Trinajstić information content (AvgIpc) is 3.62. The Morgan fingerprint density at radius 3 is 2.51 bits per heavy atom. The molecule has 0 amide bonds. The van der Waals surface area contributed by atoms with Gasteiger partial charge < -0.3 is 29.4 Å². The van der Waals surface area contributed by atoms with Gasteiger partial charge in [0.15, 0.2) is 23.0 Å². The van der Waals surface area contributed by atoms with E-state index >= 15 is 0 Å². The van der Waals surface area contributed by atoms with Gasteiger partial charge in [0.1, 0.15) is 10.5 Å². The van der Waals surface area contributed by atoms with Crippen molar-refractivity contribution in [2.45, 2.75) is 12.8 Å². The molecule has 11 heteroatoms. The maximum atomic E-state index is 13.5. The number of hydrogen-bond donors (Lipinski definition) is 1. The highest BCUT2D eigenvalue weighted by molar-refractivity contribution is 7.07. The average molecular weight is 518 g/mol. The van der Waals surface area contributed by atoms with E-state index in [0.717, 1.165) is 11.3 Å². The number of fused-ring (bicyclic) bond motifs is 3. The number of thiazole rings is 1. The number of nitrogens with zero attached hydrogens (tertiary/aromatic N) is 2. The van der Waals surface area contributed by atoms with Gasteiger partial charge in [-0.2, -0.15) is 5.26 Å². The summed E-state index contributed by atoms with van der Waals surface area (Å²) < 4.78 is 28.9. The summed E-state index contributed by atoms with van der Waals surface area (Å²) in [6.45, 7) is 2.01. The third kappa shape index (κ3) is 3.61. The number of benzene rings is 2. The number of ether oxygens (including phenoxy) is 5. The van der Waals surface area contributed by atoms with Gasteiger partial charge in [0, 0.05) is 0 Å². The lowest BCUT2D eigenvalue weighted by Crippen LogP contribution is -2.40. The van der Waals surface area contributed by atoms with Crippen LogP contribution in [0.1, 0.15) is 24.0 Å². The van der Waals surface area contributed by atoms with Crippen molar-refractivity contribution in [3.05, 3.63) is 72.6 Å². The molecule has 0 radical (unpaired) electrons. The number of aromatic nitrogens is 1. The minimum absolute atomic E-state index is 0.0419. The summed E-state index contributed by atoms with van der Waals surface area (Å²) in [7, 11) is 0. The van der Waals surface area contributed by atoms with E-state index in [9.17, 15) is 14.9 Å². The Morgan fingerprint density at radius 1 is 1.14 bits per heavy atom. The molecule has 1 atom stereocenters. The van der Waals surface area contributed by atoms with Crippen molar-refractivity contribution in [1.82, 2.24) is 4.57 Å². The van der Waals surface area contributed by atoms with Crippen LogP contribution in [0.4, 0.5) is 0 Å². The first-order chi connectivity index (χ1) is 18.0. The topological polar surface area (TPSA) is 135 Å². The molecule has 1 aromatic heterocycles. The Balaban J connectivity index is 1.61. The van der Waals surface area contributed by atoms with Crippen LogP contribution < -0.4 is 39.4 Å². The Bertz CT molecular complexity index is 1730. The second kappa shape index (κ2) is 8.76. The SMILES string of the molecule is CCOC(=O)C1=c2sc(=Cc3ccc4c(c3)OCO4)c(=O)n2C(N)=C(C#N)C1c1ccc2c(c1)OCO2. The van der Waals surface area contributed by atoms with Gasteiger partial charge in [-0.15, -0.1) is 11.3 Å². The van der Waals surface area contributed by atoms with Crippen molar-refractivity contribution in [3.63, 3.8) is 0 Å². The number of hydrogen-bond acceptors (Lipinski definition) is 10. The third-order valence-electron chi connectivity index (χ3n) is 6.19. The van der Waals surface area contributed by atoms with Crippen molar-refractivity contribution in [3.8, 4) is 29.1 Å². The lowest BCUT2D eigenvalue weighted by atomic mass is 9.83. The monoisotopic (exact) mass is 517 g/mol. The van der Waals surface area contributed by atoms with Crippen LogP contribution in [-0.2, 0) is 9.53 Å². The number of allylic oxidation sites excluding steroid dienone is 1. The maximum Gasteiger partial charge on any atom is 0.338 e. The van der Waals surface area contributed by atoms with Crippen LogP contribution in [0.2, 0.25) is 0 Å². The lowest BCUT2D eigenvalue weighted by molar-refractivity contribution is -0.136. The van der Waals surface area contributed by atoms with Gasteiger partial charge in [0.2, 0.25) is 13.6 Å². The molecule has 0 bridgehead atoms. The highest BCUT2D eigenvalue weighted by Gasteiger charge is 2.37. The van der Waals surface area contributed by atoms with Gasteiger partial charge in [-0.3, -0.25) is 9.36 Å². The summed E-state index contributed by atoms with van der Waals surface area (Å²) in [5, 5.41) is 10.1. The van der Waals surface area contributed by atoms with E-state index in [1.165, 1.54) is 4.57 Å². The molecule has 10 nitrogen and oxygen atoms in total. The zero-order valence-corrected chi connectivity index (χ0v) is 20.3. The number of carbonyl (C=O) groups excluding carboxylic acids is 1. The van der Waals surface area contributed by atoms with Crippen molar-refractivity contribution in [1.29, 1.82) is 5.26 Å². The molecule has 0 saturated carbocycles. The second-order valence-electron chi connectivity index (χ2n) is 8.26. The van der Waals surface area contributed by atoms with Crippen LogP contribution in [0.3, 0.4) is 0 Å². The molecule has 6 rings (SSSR count). The highest BCUT2D eigenvalue weighted by atomic mass is 32.1. The molecule has 0 fully saturated rings. The first-order valence-corrected chi connectivity index (χ1v) is 12.2. The van der Waals surface area contributed by atoms with E-state index in [1.54, 1.807) is 49.4 Å². The van der Waals surface area contributed by atoms with Gasteiger partial charge in [-0.05, 0) is 48.4 Å². The third-order valence-corrected chi connectivity index (χ3v) is 7.30. The van der Waals surface area contributed by atoms with Crippen LogP contribution in [0.5, 0.6) is 23.0 Å². The molecule has 0 spiro atoms. The molecule has 0 aliphatic carbocycles. The van der Waals surface area contributed by atoms with Gasteiger partial charge in [-0.1, -0.05) is 12.1 Å². The molecule has 0 saturated heterocycles. The standard InChI is InChI=1S/C26H19N3O7S/c1-2-32-26(31)22-21(14-4-6-17-19(9-14)36-12-34-17)15(10-27)23(28)29-24(30)20(37-25(22)29)8-13-3-5-16-18(7-13)35-11-33-16/h3-9,21H,2,11-12,28H2,1H3. The van der Waals surface area contributed by atoms with Crippen LogP contribution in [-0.4, -0.2) is 30.7 Å². The number of esters is 1. The van der Waals surface area contributed by atoms with Crippen molar-refractivity contribution < 1.29 is 28.5 Å². The van der Waals surface area contributed by atoms with Gasteiger partial charge in [0.25, 0.3) is 5.56 Å². The fraction of sp³-hybridized carbons (Fsp3) is 0.192. The first-order valence-electron chi connectivity index (χ1n) is 11.3. The quantitative estimate of drug-likeness (QED) is 0.509. The lowest BCUT2D eigenvalue weighted by Gasteiger charge is -2.24. The van der Waals surface area contributed by atoms with E-state index in [1.807, 2.05) is 0 Å². The fourth-order valence-corrected chi connectivity index (χ4v) is 5.70. The van der Waals surface area contributed by atoms with Crippen molar-refractivity contribution in [2.75, 3.05) is 20.2 Å². The van der Waals surface area contributed by atoms with E-state index < -0.39 is 17.4 Å². The number of nitriles is 1. The summed E-state index contributed by atoms with van der Waals surface area (Å²) >= 11 is 1.10. The van der Waals surface area contributed by atoms with E-state index in [-0.39, 0.29) is 37.2 Å². The van der Waals surface area contributed by atoms with Crippen LogP contribution >= 0.6 is 11.3 Å². The zero-order chi connectivity index (χ0) is 25.7. The van der Waals surface area contributed by atoms with Gasteiger partial charge in [0.05, 0.1) is 34.3 Å². The molecule has 37 heavy (non-hydrogen) atoms. The van der Waals surface area contributed by atoms with Crippen LogP contribution in [0.25, 0.3) is 17.5 Å². The Kier molecular flexibility index (Phi) is 5.39. The molecule has 3 aliphatic rings. The highest BCUT2D eigenvalue weighted by Crippen LogP contribution is 2.41. The summed E-state index contributed by atoms with van der Waals surface area (Å²) in [5.74, 6) is 0.686. The molecule has 3 aromatic rings. The zero-order valence-electron chi connectivity index (χ0n) is 19.5. The fourth-order valence-electron chi connectivity index (χ4n) is 4.53. The molecule has 3 aliphatic heterocycles. The van der Waals surface area contributed by atoms with E-state index in [4.69, 9.17) is 29.4 Å². The summed E-state index contributed by atoms with van der Waals surface area (Å²) in [6, 6.07) is 12.6. The predicted octanol–water partition coefficient (Wildman–Crippen LogP) is 1.36.